The van der Waals surface area contributed by atoms with E-state index in [2.05, 4.69) is 10.1 Å². The molecule has 0 aliphatic carbocycles. The lowest BCUT2D eigenvalue weighted by Gasteiger charge is -2.25. The first kappa shape index (κ1) is 15.6. The van der Waals surface area contributed by atoms with Crippen molar-refractivity contribution in [3.63, 3.8) is 0 Å². The smallest absolute Gasteiger partial charge is 0.227 e. The minimum absolute atomic E-state index is 0.0441. The van der Waals surface area contributed by atoms with E-state index >= 15 is 0 Å². The van der Waals surface area contributed by atoms with Crippen LogP contribution < -0.4 is 0 Å². The molecule has 0 fully saturated rings. The molecule has 0 unspecified atom stereocenters. The predicted octanol–water partition coefficient (Wildman–Crippen LogP) is 1.18. The van der Waals surface area contributed by atoms with E-state index in [1.165, 1.54) is 4.90 Å². The van der Waals surface area contributed by atoms with Crippen molar-refractivity contribution in [2.75, 3.05) is 13.6 Å². The zero-order valence-electron chi connectivity index (χ0n) is 12.1. The van der Waals surface area contributed by atoms with E-state index in [1.807, 2.05) is 6.92 Å². The minimum Gasteiger partial charge on any atom is -0.389 e. The molecule has 1 heterocycles. The fourth-order valence-electron chi connectivity index (χ4n) is 1.79. The van der Waals surface area contributed by atoms with Gasteiger partial charge in [-0.25, -0.2) is 0 Å². The summed E-state index contributed by atoms with van der Waals surface area (Å²) >= 11 is 0. The third-order valence-corrected chi connectivity index (χ3v) is 2.59. The Labute approximate surface area is 113 Å². The predicted molar refractivity (Wildman–Crippen MR) is 70.5 cm³/mol. The number of aliphatic hydroxyl groups is 1. The van der Waals surface area contributed by atoms with Crippen molar-refractivity contribution < 1.29 is 14.4 Å². The first-order chi connectivity index (χ1) is 8.81. The van der Waals surface area contributed by atoms with Gasteiger partial charge < -0.3 is 14.5 Å². The largest absolute Gasteiger partial charge is 0.389 e. The summed E-state index contributed by atoms with van der Waals surface area (Å²) in [5.74, 6) is 1.14. The van der Waals surface area contributed by atoms with Gasteiger partial charge in [0.1, 0.15) is 0 Å². The summed E-state index contributed by atoms with van der Waals surface area (Å²) < 4.78 is 5.07. The Morgan fingerprint density at radius 1 is 1.42 bits per heavy atom. The highest BCUT2D eigenvalue weighted by molar-refractivity contribution is 5.76. The molecule has 0 aromatic carbocycles. The molecule has 0 bridgehead atoms. The van der Waals surface area contributed by atoms with Gasteiger partial charge in [0, 0.05) is 32.9 Å². The number of hydrogen-bond donors (Lipinski definition) is 1. The van der Waals surface area contributed by atoms with Gasteiger partial charge in [-0.15, -0.1) is 0 Å². The zero-order valence-corrected chi connectivity index (χ0v) is 12.1. The monoisotopic (exact) mass is 269 g/mol. The highest BCUT2D eigenvalue weighted by atomic mass is 16.5. The molecular formula is C13H23N3O3. The van der Waals surface area contributed by atoms with Gasteiger partial charge in [-0.05, 0) is 20.3 Å². The average molecular weight is 269 g/mol. The van der Waals surface area contributed by atoms with Gasteiger partial charge in [0.05, 0.1) is 5.60 Å². The topological polar surface area (TPSA) is 79.5 Å². The Bertz CT molecular complexity index is 410. The molecule has 1 aromatic heterocycles. The number of nitrogens with zero attached hydrogens (tertiary/aromatic N) is 3. The average Bonchev–Trinajstić information content (AvgIpc) is 2.72. The van der Waals surface area contributed by atoms with Crippen molar-refractivity contribution in [2.45, 2.75) is 52.1 Å². The first-order valence-corrected chi connectivity index (χ1v) is 6.59. The highest BCUT2D eigenvalue weighted by Crippen LogP contribution is 2.07. The Morgan fingerprint density at radius 2 is 2.11 bits per heavy atom. The van der Waals surface area contributed by atoms with Crippen LogP contribution in [0.3, 0.4) is 0 Å². The third kappa shape index (κ3) is 5.83. The summed E-state index contributed by atoms with van der Waals surface area (Å²) in [5, 5.41) is 13.5. The van der Waals surface area contributed by atoms with Crippen LogP contribution in [0, 0.1) is 0 Å². The number of rotatable bonds is 7. The second-order valence-electron chi connectivity index (χ2n) is 5.42. The van der Waals surface area contributed by atoms with Crippen LogP contribution in [-0.4, -0.2) is 45.2 Å². The molecule has 6 heteroatoms. The van der Waals surface area contributed by atoms with E-state index in [9.17, 15) is 9.90 Å². The molecule has 1 amide bonds. The van der Waals surface area contributed by atoms with Crippen LogP contribution in [0.4, 0.5) is 0 Å². The molecule has 0 saturated carbocycles. The van der Waals surface area contributed by atoms with Crippen LogP contribution in [0.5, 0.6) is 0 Å². The number of carbonyl (C=O) groups excluding carboxylic acids is 1. The molecule has 0 aliphatic heterocycles. The molecule has 1 aromatic rings. The van der Waals surface area contributed by atoms with Crippen LogP contribution in [-0.2, 0) is 17.6 Å². The van der Waals surface area contributed by atoms with E-state index < -0.39 is 5.60 Å². The number of aromatic nitrogens is 2. The van der Waals surface area contributed by atoms with Crippen LogP contribution in [0.1, 0.15) is 45.3 Å². The molecule has 0 aliphatic rings. The summed E-state index contributed by atoms with van der Waals surface area (Å²) in [6.07, 6.45) is 2.49. The van der Waals surface area contributed by atoms with E-state index in [0.717, 1.165) is 12.8 Å². The fourth-order valence-corrected chi connectivity index (χ4v) is 1.79. The lowest BCUT2D eigenvalue weighted by molar-refractivity contribution is -0.132. The molecular weight excluding hydrogens is 246 g/mol. The molecule has 0 atom stereocenters. The molecule has 0 radical (unpaired) electrons. The van der Waals surface area contributed by atoms with Crippen LogP contribution in [0.2, 0.25) is 0 Å². The Morgan fingerprint density at radius 3 is 2.68 bits per heavy atom. The second-order valence-corrected chi connectivity index (χ2v) is 5.42. The minimum atomic E-state index is -0.886. The van der Waals surface area contributed by atoms with Crippen LogP contribution in [0.15, 0.2) is 4.52 Å². The number of aryl methyl sites for hydroxylation is 2. The van der Waals surface area contributed by atoms with Crippen LogP contribution in [0.25, 0.3) is 0 Å². The summed E-state index contributed by atoms with van der Waals surface area (Å²) in [5.41, 5.74) is -0.886. The molecule has 0 spiro atoms. The molecule has 1 rings (SSSR count). The van der Waals surface area contributed by atoms with E-state index in [0.29, 0.717) is 31.1 Å². The number of likely N-dealkylation sites (N-methyl/N-ethyl adjacent to an activating group) is 1. The Balaban J connectivity index is 2.40. The van der Waals surface area contributed by atoms with Gasteiger partial charge in [0.25, 0.3) is 0 Å². The second kappa shape index (κ2) is 6.65. The maximum atomic E-state index is 11.9. The Kier molecular flexibility index (Phi) is 5.47. The van der Waals surface area contributed by atoms with Crippen molar-refractivity contribution in [1.82, 2.24) is 15.0 Å². The maximum absolute atomic E-state index is 11.9. The quantitative estimate of drug-likeness (QED) is 0.804. The van der Waals surface area contributed by atoms with Crippen molar-refractivity contribution in [3.8, 4) is 0 Å². The number of amides is 1. The standard InChI is InChI=1S/C13H23N3O3/c1-5-6-10-14-11(19-15-10)7-8-12(17)16(4)9-13(2,3)18/h18H,5-9H2,1-4H3. The number of carbonyl (C=O) groups is 1. The Hall–Kier alpha value is -1.43. The lowest BCUT2D eigenvalue weighted by atomic mass is 10.1. The normalized spacial score (nSPS) is 11.6. The number of hydrogen-bond acceptors (Lipinski definition) is 5. The van der Waals surface area contributed by atoms with Crippen molar-refractivity contribution >= 4 is 5.91 Å². The molecule has 6 nitrogen and oxygen atoms in total. The van der Waals surface area contributed by atoms with Gasteiger partial charge in [0.2, 0.25) is 11.8 Å². The van der Waals surface area contributed by atoms with Crippen molar-refractivity contribution in [3.05, 3.63) is 11.7 Å². The summed E-state index contributed by atoms with van der Waals surface area (Å²) in [4.78, 5) is 17.6. The zero-order chi connectivity index (χ0) is 14.5. The molecule has 108 valence electrons. The summed E-state index contributed by atoms with van der Waals surface area (Å²) in [6, 6.07) is 0. The van der Waals surface area contributed by atoms with Gasteiger partial charge in [-0.2, -0.15) is 4.98 Å². The van der Waals surface area contributed by atoms with Crippen LogP contribution >= 0.6 is 0 Å². The van der Waals surface area contributed by atoms with Gasteiger partial charge in [-0.3, -0.25) is 4.79 Å². The van der Waals surface area contributed by atoms with Crippen molar-refractivity contribution in [2.24, 2.45) is 0 Å². The third-order valence-electron chi connectivity index (χ3n) is 2.59. The summed E-state index contributed by atoms with van der Waals surface area (Å²) in [6.45, 7) is 5.69. The van der Waals surface area contributed by atoms with Gasteiger partial charge in [0.15, 0.2) is 5.82 Å². The van der Waals surface area contributed by atoms with E-state index in [1.54, 1.807) is 20.9 Å². The van der Waals surface area contributed by atoms with E-state index in [4.69, 9.17) is 4.52 Å². The maximum Gasteiger partial charge on any atom is 0.227 e. The fraction of sp³-hybridized carbons (Fsp3) is 0.769. The molecule has 1 N–H and O–H groups in total. The summed E-state index contributed by atoms with van der Waals surface area (Å²) in [7, 11) is 1.68. The molecule has 0 saturated heterocycles. The lowest BCUT2D eigenvalue weighted by Crippen LogP contribution is -2.39. The van der Waals surface area contributed by atoms with Gasteiger partial charge in [-0.1, -0.05) is 12.1 Å². The first-order valence-electron chi connectivity index (χ1n) is 6.59. The molecule has 19 heavy (non-hydrogen) atoms. The highest BCUT2D eigenvalue weighted by Gasteiger charge is 2.19. The SMILES string of the molecule is CCCc1noc(CCC(=O)N(C)CC(C)(C)O)n1. The van der Waals surface area contributed by atoms with Crippen molar-refractivity contribution in [1.29, 1.82) is 0 Å². The van der Waals surface area contributed by atoms with E-state index in [-0.39, 0.29) is 5.91 Å². The van der Waals surface area contributed by atoms with Gasteiger partial charge >= 0.3 is 0 Å².